The van der Waals surface area contributed by atoms with Crippen molar-refractivity contribution in [3.05, 3.63) is 65.5 Å². The number of alkyl halides is 3. The minimum Gasteiger partial charge on any atom is -0.481 e. The van der Waals surface area contributed by atoms with E-state index in [9.17, 15) is 18.0 Å². The van der Waals surface area contributed by atoms with Crippen LogP contribution in [0.2, 0.25) is 0 Å². The van der Waals surface area contributed by atoms with Crippen LogP contribution >= 0.6 is 0 Å². The molecule has 10 nitrogen and oxygen atoms in total. The fourth-order valence-corrected chi connectivity index (χ4v) is 3.81. The molecular formula is C25H26F3N5O5. The zero-order valence-corrected chi connectivity index (χ0v) is 20.6. The number of carbonyl (C=O) groups excluding carboxylic acids is 1. The lowest BCUT2D eigenvalue weighted by molar-refractivity contribution is -0.192. The smallest absolute Gasteiger partial charge is 0.481 e. The maximum Gasteiger partial charge on any atom is 0.490 e. The number of halogens is 3. The average molecular weight is 534 g/mol. The molecule has 1 amide bonds. The third kappa shape index (κ3) is 7.54. The number of amides is 1. The topological polar surface area (TPSA) is 141 Å². The molecule has 202 valence electrons. The predicted octanol–water partition coefficient (Wildman–Crippen LogP) is 4.22. The van der Waals surface area contributed by atoms with Gasteiger partial charge < -0.3 is 25.2 Å². The van der Waals surface area contributed by atoms with Crippen molar-refractivity contribution >= 4 is 17.7 Å². The summed E-state index contributed by atoms with van der Waals surface area (Å²) in [7, 11) is 1.56. The molecule has 4 rings (SSSR count). The van der Waals surface area contributed by atoms with E-state index in [4.69, 9.17) is 25.1 Å². The van der Waals surface area contributed by atoms with Crippen LogP contribution in [0.15, 0.2) is 48.7 Å². The van der Waals surface area contributed by atoms with Crippen molar-refractivity contribution in [3.8, 4) is 17.4 Å². The van der Waals surface area contributed by atoms with Gasteiger partial charge >= 0.3 is 12.1 Å². The molecule has 0 spiro atoms. The second kappa shape index (κ2) is 12.2. The Hall–Kier alpha value is -4.42. The van der Waals surface area contributed by atoms with E-state index >= 15 is 0 Å². The molecule has 0 saturated carbocycles. The Balaban J connectivity index is 0.000000505. The highest BCUT2D eigenvalue weighted by Crippen LogP contribution is 2.30. The molecule has 3 heterocycles. The standard InChI is InChI=1S/C23H25N5O3.C2HF3O2/c1-15-13-20(24)26-27-22(15)16-9-11-28(12-10-16)23(29)17-3-5-18(6-4-17)31-19-7-8-21(30-2)25-14-19;3-2(4,5)1(6)7/h3-8,13-14,16H,9-12H2,1-2H3,(H2,24,26);(H,6,7). The number of pyridine rings is 1. The van der Waals surface area contributed by atoms with Crippen molar-refractivity contribution in [1.82, 2.24) is 20.1 Å². The quantitative estimate of drug-likeness (QED) is 0.493. The van der Waals surface area contributed by atoms with Crippen LogP contribution in [0.1, 0.15) is 40.4 Å². The van der Waals surface area contributed by atoms with Crippen LogP contribution in [0.4, 0.5) is 19.0 Å². The molecule has 0 radical (unpaired) electrons. The number of aliphatic carboxylic acids is 1. The number of aromatic nitrogens is 3. The highest BCUT2D eigenvalue weighted by atomic mass is 19.4. The summed E-state index contributed by atoms with van der Waals surface area (Å²) in [5.41, 5.74) is 8.38. The Morgan fingerprint density at radius 2 is 1.66 bits per heavy atom. The summed E-state index contributed by atoms with van der Waals surface area (Å²) in [6, 6.07) is 12.5. The van der Waals surface area contributed by atoms with Gasteiger partial charge in [-0.3, -0.25) is 4.79 Å². The van der Waals surface area contributed by atoms with Gasteiger partial charge in [0.15, 0.2) is 0 Å². The van der Waals surface area contributed by atoms with E-state index in [0.29, 0.717) is 47.8 Å². The first-order valence-corrected chi connectivity index (χ1v) is 11.4. The normalized spacial score (nSPS) is 13.8. The van der Waals surface area contributed by atoms with Crippen LogP contribution in [-0.2, 0) is 4.79 Å². The van der Waals surface area contributed by atoms with Gasteiger partial charge in [0.05, 0.1) is 19.0 Å². The predicted molar refractivity (Wildman–Crippen MR) is 130 cm³/mol. The summed E-state index contributed by atoms with van der Waals surface area (Å²) < 4.78 is 42.6. The lowest BCUT2D eigenvalue weighted by Gasteiger charge is -2.32. The molecule has 0 atom stereocenters. The molecule has 0 unspecified atom stereocenters. The van der Waals surface area contributed by atoms with E-state index in [1.54, 1.807) is 49.7 Å². The number of nitrogens with two attached hydrogens (primary N) is 1. The fourth-order valence-electron chi connectivity index (χ4n) is 3.81. The first-order valence-electron chi connectivity index (χ1n) is 11.4. The number of nitrogens with zero attached hydrogens (tertiary/aromatic N) is 4. The van der Waals surface area contributed by atoms with Crippen molar-refractivity contribution in [2.24, 2.45) is 0 Å². The molecule has 2 aromatic heterocycles. The average Bonchev–Trinajstić information content (AvgIpc) is 2.89. The lowest BCUT2D eigenvalue weighted by atomic mass is 9.91. The number of hydrogen-bond acceptors (Lipinski definition) is 8. The molecule has 1 aliphatic rings. The molecule has 1 saturated heterocycles. The van der Waals surface area contributed by atoms with Crippen molar-refractivity contribution in [3.63, 3.8) is 0 Å². The lowest BCUT2D eigenvalue weighted by Crippen LogP contribution is -2.38. The van der Waals surface area contributed by atoms with E-state index < -0.39 is 12.1 Å². The van der Waals surface area contributed by atoms with Gasteiger partial charge in [-0.05, 0) is 61.7 Å². The third-order valence-corrected chi connectivity index (χ3v) is 5.71. The minimum absolute atomic E-state index is 0.0243. The van der Waals surface area contributed by atoms with Crippen molar-refractivity contribution in [1.29, 1.82) is 0 Å². The summed E-state index contributed by atoms with van der Waals surface area (Å²) in [5, 5.41) is 15.4. The van der Waals surface area contributed by atoms with Crippen LogP contribution in [-0.4, -0.2) is 63.4 Å². The number of aryl methyl sites for hydroxylation is 1. The van der Waals surface area contributed by atoms with Gasteiger partial charge in [0, 0.05) is 30.6 Å². The summed E-state index contributed by atoms with van der Waals surface area (Å²) in [4.78, 5) is 27.8. The molecule has 1 fully saturated rings. The van der Waals surface area contributed by atoms with Crippen molar-refractivity contribution in [2.45, 2.75) is 31.9 Å². The van der Waals surface area contributed by atoms with Gasteiger partial charge in [-0.15, -0.1) is 5.10 Å². The van der Waals surface area contributed by atoms with Gasteiger partial charge in [-0.25, -0.2) is 9.78 Å². The number of anilines is 1. The molecule has 3 aromatic rings. The highest BCUT2D eigenvalue weighted by molar-refractivity contribution is 5.94. The summed E-state index contributed by atoms with van der Waals surface area (Å²) >= 11 is 0. The molecule has 13 heteroatoms. The Morgan fingerprint density at radius 3 is 2.16 bits per heavy atom. The number of carboxylic acid groups (broad SMARTS) is 1. The van der Waals surface area contributed by atoms with Crippen molar-refractivity contribution < 1.29 is 37.3 Å². The number of ether oxygens (including phenoxy) is 2. The SMILES string of the molecule is COc1ccc(Oc2ccc(C(=O)N3CCC(c4nnc(N)cc4C)CC3)cc2)cn1.O=C(O)C(F)(F)F. The zero-order valence-electron chi connectivity index (χ0n) is 20.6. The second-order valence-electron chi connectivity index (χ2n) is 8.37. The van der Waals surface area contributed by atoms with Gasteiger partial charge in [0.25, 0.3) is 5.91 Å². The van der Waals surface area contributed by atoms with E-state index in [1.165, 1.54) is 0 Å². The monoisotopic (exact) mass is 533 g/mol. The highest BCUT2D eigenvalue weighted by Gasteiger charge is 2.38. The van der Waals surface area contributed by atoms with Gasteiger partial charge in [0.1, 0.15) is 17.3 Å². The maximum atomic E-state index is 12.9. The number of rotatable bonds is 5. The van der Waals surface area contributed by atoms with Gasteiger partial charge in [-0.1, -0.05) is 0 Å². The second-order valence-corrected chi connectivity index (χ2v) is 8.37. The van der Waals surface area contributed by atoms with E-state index in [0.717, 1.165) is 24.1 Å². The number of carbonyl (C=O) groups is 2. The Bertz CT molecular complexity index is 1250. The van der Waals surface area contributed by atoms with E-state index in [2.05, 4.69) is 15.2 Å². The first-order chi connectivity index (χ1) is 18.0. The molecule has 0 bridgehead atoms. The van der Waals surface area contributed by atoms with Crippen LogP contribution in [0.5, 0.6) is 17.4 Å². The maximum absolute atomic E-state index is 12.9. The number of hydrogen-bond donors (Lipinski definition) is 2. The number of methoxy groups -OCH3 is 1. The summed E-state index contributed by atoms with van der Waals surface area (Å²) in [6.07, 6.45) is -1.77. The summed E-state index contributed by atoms with van der Waals surface area (Å²) in [6.45, 7) is 3.37. The fraction of sp³-hybridized carbons (Fsp3) is 0.320. The number of piperidine rings is 1. The Kier molecular flexibility index (Phi) is 9.05. The molecule has 0 aliphatic carbocycles. The number of carboxylic acids is 1. The molecule has 3 N–H and O–H groups in total. The van der Waals surface area contributed by atoms with Gasteiger partial charge in [-0.2, -0.15) is 18.3 Å². The third-order valence-electron chi connectivity index (χ3n) is 5.71. The van der Waals surface area contributed by atoms with Crippen LogP contribution in [0.25, 0.3) is 0 Å². The minimum atomic E-state index is -5.08. The van der Waals surface area contributed by atoms with Crippen LogP contribution in [0.3, 0.4) is 0 Å². The molecular weight excluding hydrogens is 507 g/mol. The summed E-state index contributed by atoms with van der Waals surface area (Å²) in [5.74, 6) is -0.238. The Labute approximate surface area is 216 Å². The van der Waals surface area contributed by atoms with E-state index in [1.807, 2.05) is 17.9 Å². The number of nitrogen functional groups attached to an aromatic ring is 1. The largest absolute Gasteiger partial charge is 0.490 e. The number of likely N-dealkylation sites (tertiary alicyclic amines) is 1. The first kappa shape index (κ1) is 28.2. The molecule has 1 aliphatic heterocycles. The zero-order chi connectivity index (χ0) is 27.9. The van der Waals surface area contributed by atoms with E-state index in [-0.39, 0.29) is 5.91 Å². The van der Waals surface area contributed by atoms with Gasteiger partial charge in [0.2, 0.25) is 5.88 Å². The molecule has 38 heavy (non-hydrogen) atoms. The Morgan fingerprint density at radius 1 is 1.05 bits per heavy atom. The van der Waals surface area contributed by atoms with Crippen LogP contribution in [0, 0.1) is 6.92 Å². The van der Waals surface area contributed by atoms with Crippen LogP contribution < -0.4 is 15.2 Å². The number of benzene rings is 1. The molecule has 1 aromatic carbocycles. The van der Waals surface area contributed by atoms with Crippen molar-refractivity contribution in [2.75, 3.05) is 25.9 Å².